The fraction of sp³-hybridized carbons (Fsp3) is 0.562. The molecule has 1 heterocycles. The van der Waals surface area contributed by atoms with Gasteiger partial charge in [0.05, 0.1) is 0 Å². The van der Waals surface area contributed by atoms with Gasteiger partial charge in [0.25, 0.3) is 0 Å². The first-order valence-corrected chi connectivity index (χ1v) is 6.77. The molecule has 0 radical (unpaired) electrons. The third-order valence-corrected chi connectivity index (χ3v) is 3.69. The zero-order chi connectivity index (χ0) is 13.3. The van der Waals surface area contributed by atoms with E-state index in [-0.39, 0.29) is 11.3 Å². The topological polar surface area (TPSA) is 20.3 Å². The number of nitrogens with zero attached hydrogens (tertiary/aromatic N) is 1. The summed E-state index contributed by atoms with van der Waals surface area (Å²) in [7, 11) is 0. The quantitative estimate of drug-likeness (QED) is 0.688. The van der Waals surface area contributed by atoms with Gasteiger partial charge < -0.3 is 4.90 Å². The summed E-state index contributed by atoms with van der Waals surface area (Å²) in [5.74, 6) is 0.266. The average Bonchev–Trinajstić information content (AvgIpc) is 2.45. The zero-order valence-electron chi connectivity index (χ0n) is 11.9. The van der Waals surface area contributed by atoms with Crippen LogP contribution in [0, 0.1) is 5.41 Å². The van der Waals surface area contributed by atoms with Crippen LogP contribution < -0.4 is 0 Å². The maximum atomic E-state index is 12.5. The van der Waals surface area contributed by atoms with Crippen LogP contribution in [-0.4, -0.2) is 23.4 Å². The van der Waals surface area contributed by atoms with E-state index >= 15 is 0 Å². The summed E-state index contributed by atoms with van der Waals surface area (Å²) in [6.45, 7) is 9.00. The molecule has 0 saturated carbocycles. The summed E-state index contributed by atoms with van der Waals surface area (Å²) in [6.07, 6.45) is 1.94. The van der Waals surface area contributed by atoms with E-state index in [0.29, 0.717) is 6.04 Å². The Bertz CT molecular complexity index is 445. The second kappa shape index (κ2) is 4.75. The Morgan fingerprint density at radius 3 is 2.44 bits per heavy atom. The van der Waals surface area contributed by atoms with E-state index in [1.807, 2.05) is 20.8 Å². The monoisotopic (exact) mass is 245 g/mol. The van der Waals surface area contributed by atoms with E-state index in [1.165, 1.54) is 11.1 Å². The summed E-state index contributed by atoms with van der Waals surface area (Å²) in [4.78, 5) is 14.5. The molecule has 0 fully saturated rings. The van der Waals surface area contributed by atoms with Crippen LogP contribution in [0.3, 0.4) is 0 Å². The standard InChI is InChI=1S/C16H23NO/c1-12-11-14-8-6-5-7-13(14)9-10-17(12)15(18)16(2,3)4/h5-8,12H,9-11H2,1-4H3. The van der Waals surface area contributed by atoms with Crippen molar-refractivity contribution in [1.29, 1.82) is 0 Å². The Morgan fingerprint density at radius 2 is 1.83 bits per heavy atom. The van der Waals surface area contributed by atoms with Crippen LogP contribution in [0.25, 0.3) is 0 Å². The minimum Gasteiger partial charge on any atom is -0.339 e. The van der Waals surface area contributed by atoms with Gasteiger partial charge in [-0.15, -0.1) is 0 Å². The summed E-state index contributed by atoms with van der Waals surface area (Å²) in [5.41, 5.74) is 2.51. The fourth-order valence-corrected chi connectivity index (χ4v) is 2.62. The summed E-state index contributed by atoms with van der Waals surface area (Å²) < 4.78 is 0. The van der Waals surface area contributed by atoms with Gasteiger partial charge in [0.2, 0.25) is 5.91 Å². The Hall–Kier alpha value is -1.31. The normalized spacial score (nSPS) is 20.2. The number of hydrogen-bond donors (Lipinski definition) is 0. The van der Waals surface area contributed by atoms with Crippen molar-refractivity contribution >= 4 is 5.91 Å². The first-order chi connectivity index (χ1) is 8.39. The lowest BCUT2D eigenvalue weighted by molar-refractivity contribution is -0.141. The van der Waals surface area contributed by atoms with Gasteiger partial charge in [0.1, 0.15) is 0 Å². The Kier molecular flexibility index (Phi) is 3.47. The van der Waals surface area contributed by atoms with Crippen LogP contribution in [0.5, 0.6) is 0 Å². The highest BCUT2D eigenvalue weighted by Crippen LogP contribution is 2.24. The maximum absolute atomic E-state index is 12.5. The van der Waals surface area contributed by atoms with Crippen molar-refractivity contribution in [3.63, 3.8) is 0 Å². The number of carbonyl (C=O) groups is 1. The fourth-order valence-electron chi connectivity index (χ4n) is 2.62. The van der Waals surface area contributed by atoms with Crippen molar-refractivity contribution in [1.82, 2.24) is 4.90 Å². The van der Waals surface area contributed by atoms with E-state index in [9.17, 15) is 4.79 Å². The zero-order valence-corrected chi connectivity index (χ0v) is 11.9. The Morgan fingerprint density at radius 1 is 1.22 bits per heavy atom. The summed E-state index contributed by atoms with van der Waals surface area (Å²) in [6, 6.07) is 8.85. The highest BCUT2D eigenvalue weighted by atomic mass is 16.2. The lowest BCUT2D eigenvalue weighted by Gasteiger charge is -2.33. The second-order valence-electron chi connectivity index (χ2n) is 6.32. The number of amides is 1. The lowest BCUT2D eigenvalue weighted by Crippen LogP contribution is -2.45. The van der Waals surface area contributed by atoms with Crippen molar-refractivity contribution in [2.45, 2.75) is 46.6 Å². The average molecular weight is 245 g/mol. The van der Waals surface area contributed by atoms with E-state index in [2.05, 4.69) is 36.1 Å². The van der Waals surface area contributed by atoms with E-state index in [1.54, 1.807) is 0 Å². The molecule has 18 heavy (non-hydrogen) atoms. The van der Waals surface area contributed by atoms with Crippen LogP contribution in [0.2, 0.25) is 0 Å². The second-order valence-corrected chi connectivity index (χ2v) is 6.32. The molecule has 1 aliphatic heterocycles. The molecule has 1 atom stereocenters. The molecule has 98 valence electrons. The number of rotatable bonds is 0. The molecule has 2 nitrogen and oxygen atoms in total. The molecule has 1 aromatic carbocycles. The Balaban J connectivity index is 2.22. The molecule has 0 N–H and O–H groups in total. The van der Waals surface area contributed by atoms with E-state index < -0.39 is 0 Å². The van der Waals surface area contributed by atoms with E-state index in [0.717, 1.165) is 19.4 Å². The largest absolute Gasteiger partial charge is 0.339 e. The van der Waals surface area contributed by atoms with Crippen LogP contribution in [-0.2, 0) is 17.6 Å². The van der Waals surface area contributed by atoms with Crippen LogP contribution in [0.1, 0.15) is 38.8 Å². The van der Waals surface area contributed by atoms with Crippen LogP contribution in [0.15, 0.2) is 24.3 Å². The first-order valence-electron chi connectivity index (χ1n) is 6.77. The van der Waals surface area contributed by atoms with Gasteiger partial charge in [0, 0.05) is 18.0 Å². The smallest absolute Gasteiger partial charge is 0.228 e. The van der Waals surface area contributed by atoms with Gasteiger partial charge in [-0.05, 0) is 30.9 Å². The minimum atomic E-state index is -0.287. The molecule has 1 amide bonds. The number of carbonyl (C=O) groups excluding carboxylic acids is 1. The maximum Gasteiger partial charge on any atom is 0.228 e. The molecule has 1 aliphatic rings. The molecular weight excluding hydrogens is 222 g/mol. The van der Waals surface area contributed by atoms with Gasteiger partial charge >= 0.3 is 0 Å². The molecule has 1 aromatic rings. The third-order valence-electron chi connectivity index (χ3n) is 3.69. The van der Waals surface area contributed by atoms with Crippen molar-refractivity contribution in [3.05, 3.63) is 35.4 Å². The van der Waals surface area contributed by atoms with Crippen molar-refractivity contribution in [2.24, 2.45) is 5.41 Å². The van der Waals surface area contributed by atoms with E-state index in [4.69, 9.17) is 0 Å². The molecule has 0 saturated heterocycles. The molecule has 0 aliphatic carbocycles. The molecular formula is C16H23NO. The van der Waals surface area contributed by atoms with Gasteiger partial charge in [-0.2, -0.15) is 0 Å². The number of hydrogen-bond acceptors (Lipinski definition) is 1. The highest BCUT2D eigenvalue weighted by molar-refractivity contribution is 5.82. The van der Waals surface area contributed by atoms with Crippen LogP contribution >= 0.6 is 0 Å². The van der Waals surface area contributed by atoms with Crippen LogP contribution in [0.4, 0.5) is 0 Å². The predicted octanol–water partition coefficient (Wildman–Crippen LogP) is 3.05. The van der Waals surface area contributed by atoms with Gasteiger partial charge in [-0.1, -0.05) is 45.0 Å². The Labute approximate surface area is 110 Å². The van der Waals surface area contributed by atoms with Gasteiger partial charge in [-0.3, -0.25) is 4.79 Å². The molecule has 0 spiro atoms. The molecule has 2 rings (SSSR count). The highest BCUT2D eigenvalue weighted by Gasteiger charge is 2.31. The third kappa shape index (κ3) is 2.58. The van der Waals surface area contributed by atoms with Crippen molar-refractivity contribution in [2.75, 3.05) is 6.54 Å². The molecule has 0 aromatic heterocycles. The predicted molar refractivity (Wildman–Crippen MR) is 74.5 cm³/mol. The molecule has 0 bridgehead atoms. The minimum absolute atomic E-state index is 0.266. The SMILES string of the molecule is CC1Cc2ccccc2CCN1C(=O)C(C)(C)C. The number of benzene rings is 1. The number of fused-ring (bicyclic) bond motifs is 1. The molecule has 1 unspecified atom stereocenters. The summed E-state index contributed by atoms with van der Waals surface area (Å²) >= 11 is 0. The lowest BCUT2D eigenvalue weighted by atomic mass is 9.93. The first kappa shape index (κ1) is 13.1. The van der Waals surface area contributed by atoms with Gasteiger partial charge in [0.15, 0.2) is 0 Å². The van der Waals surface area contributed by atoms with Crippen molar-refractivity contribution in [3.8, 4) is 0 Å². The summed E-state index contributed by atoms with van der Waals surface area (Å²) in [5, 5.41) is 0. The van der Waals surface area contributed by atoms with Crippen molar-refractivity contribution < 1.29 is 4.79 Å². The molecule has 2 heteroatoms. The van der Waals surface area contributed by atoms with Gasteiger partial charge in [-0.25, -0.2) is 0 Å².